The highest BCUT2D eigenvalue weighted by molar-refractivity contribution is 6.87. The average molecular weight is 449 g/mol. The highest BCUT2D eigenvalue weighted by atomic mass is 28.5. The Morgan fingerprint density at radius 3 is 1.32 bits per heavy atom. The Morgan fingerprint density at radius 1 is 0.571 bits per heavy atom. The van der Waals surface area contributed by atoms with Gasteiger partial charge in [-0.05, 0) is 70.6 Å². The minimum absolute atomic E-state index is 1.25. The van der Waals surface area contributed by atoms with Crippen LogP contribution in [0.3, 0.4) is 0 Å². The Kier molecular flexibility index (Phi) is 13.3. The lowest BCUT2D eigenvalue weighted by Gasteiger charge is -2.39. The molecule has 0 aromatic heterocycles. The maximum atomic E-state index is 6.80. The molecule has 0 aromatic carbocycles. The molecule has 0 saturated heterocycles. The third kappa shape index (κ3) is 13.7. The lowest BCUT2D eigenvalue weighted by molar-refractivity contribution is -0.910. The van der Waals surface area contributed by atoms with Gasteiger partial charge in [-0.2, -0.15) is 0 Å². The quantitative estimate of drug-likeness (QED) is 0.171. The Balaban J connectivity index is 4.67. The lowest BCUT2D eigenvalue weighted by Crippen LogP contribution is -2.52. The standard InChI is InChI=1S/C22H54NO2Si3/c1-11-14-18-23(4,19-15-12-2)20-17-22-27(7,8)25-28(9,10)24-26(5,6)21-16-13-3/h11-22H2,1-10H3/q+1. The summed E-state index contributed by atoms with van der Waals surface area (Å²) >= 11 is 0. The van der Waals surface area contributed by atoms with Crippen LogP contribution >= 0.6 is 0 Å². The normalized spacial score (nSPS) is 13.9. The summed E-state index contributed by atoms with van der Waals surface area (Å²) in [7, 11) is -2.84. The van der Waals surface area contributed by atoms with Crippen molar-refractivity contribution < 1.29 is 12.7 Å². The zero-order chi connectivity index (χ0) is 21.9. The van der Waals surface area contributed by atoms with Crippen molar-refractivity contribution in [3.05, 3.63) is 0 Å². The van der Waals surface area contributed by atoms with Gasteiger partial charge in [-0.3, -0.25) is 0 Å². The summed E-state index contributed by atoms with van der Waals surface area (Å²) in [5, 5.41) is 0. The lowest BCUT2D eigenvalue weighted by atomic mass is 10.2. The third-order valence-corrected chi connectivity index (χ3v) is 17.2. The molecule has 0 bridgehead atoms. The van der Waals surface area contributed by atoms with Crippen molar-refractivity contribution in [3.8, 4) is 0 Å². The summed E-state index contributed by atoms with van der Waals surface area (Å²) in [4.78, 5) is 0. The van der Waals surface area contributed by atoms with E-state index in [2.05, 4.69) is 67.1 Å². The number of quaternary nitrogens is 1. The molecule has 0 radical (unpaired) electrons. The Hall–Kier alpha value is 0.531. The zero-order valence-corrected chi connectivity index (χ0v) is 24.2. The number of unbranched alkanes of at least 4 members (excludes halogenated alkanes) is 3. The average Bonchev–Trinajstić information content (AvgIpc) is 2.54. The fraction of sp³-hybridized carbons (Fsp3) is 1.00. The summed E-state index contributed by atoms with van der Waals surface area (Å²) in [5.41, 5.74) is 0. The van der Waals surface area contributed by atoms with Crippen LogP contribution in [0.25, 0.3) is 0 Å². The molecular weight excluding hydrogens is 395 g/mol. The van der Waals surface area contributed by atoms with Crippen molar-refractivity contribution in [2.24, 2.45) is 0 Å². The van der Waals surface area contributed by atoms with Crippen LogP contribution in [-0.2, 0) is 8.23 Å². The van der Waals surface area contributed by atoms with Crippen molar-refractivity contribution in [2.45, 2.75) is 117 Å². The summed E-state index contributed by atoms with van der Waals surface area (Å²) in [6.45, 7) is 25.0. The molecule has 0 aliphatic heterocycles. The van der Waals surface area contributed by atoms with Crippen molar-refractivity contribution in [1.29, 1.82) is 0 Å². The number of nitrogens with zero attached hydrogens (tertiary/aromatic N) is 1. The Bertz CT molecular complexity index is 407. The summed E-state index contributed by atoms with van der Waals surface area (Å²) in [6.07, 6.45) is 9.15. The molecule has 0 amide bonds. The molecule has 0 heterocycles. The van der Waals surface area contributed by atoms with Crippen LogP contribution in [-0.4, -0.2) is 56.4 Å². The van der Waals surface area contributed by atoms with Gasteiger partial charge in [-0.15, -0.1) is 0 Å². The van der Waals surface area contributed by atoms with Gasteiger partial charge in [0, 0.05) is 0 Å². The smallest absolute Gasteiger partial charge is 0.311 e. The largest absolute Gasteiger partial charge is 0.437 e. The molecule has 0 fully saturated rings. The number of hydrogen-bond donors (Lipinski definition) is 0. The molecule has 0 saturated carbocycles. The molecule has 170 valence electrons. The minimum Gasteiger partial charge on any atom is -0.437 e. The number of hydrogen-bond acceptors (Lipinski definition) is 2. The summed E-state index contributed by atoms with van der Waals surface area (Å²) < 4.78 is 14.8. The van der Waals surface area contributed by atoms with Gasteiger partial charge in [0.15, 0.2) is 16.6 Å². The van der Waals surface area contributed by atoms with Gasteiger partial charge in [0.05, 0.1) is 26.7 Å². The molecule has 0 spiro atoms. The van der Waals surface area contributed by atoms with Crippen LogP contribution in [0.4, 0.5) is 0 Å². The van der Waals surface area contributed by atoms with Gasteiger partial charge in [0.1, 0.15) is 0 Å². The van der Waals surface area contributed by atoms with Gasteiger partial charge in [-0.25, -0.2) is 0 Å². The Morgan fingerprint density at radius 2 is 0.929 bits per heavy atom. The fourth-order valence-corrected chi connectivity index (χ4v) is 18.6. The maximum absolute atomic E-state index is 6.80. The molecule has 0 rings (SSSR count). The van der Waals surface area contributed by atoms with E-state index in [0.29, 0.717) is 0 Å². The first-order valence-corrected chi connectivity index (χ1v) is 21.1. The first kappa shape index (κ1) is 28.5. The molecule has 0 N–H and O–H groups in total. The molecule has 0 atom stereocenters. The van der Waals surface area contributed by atoms with E-state index in [-0.39, 0.29) is 0 Å². The van der Waals surface area contributed by atoms with Crippen molar-refractivity contribution in [3.63, 3.8) is 0 Å². The molecule has 0 aliphatic carbocycles. The van der Waals surface area contributed by atoms with E-state index in [0.717, 1.165) is 0 Å². The van der Waals surface area contributed by atoms with Crippen LogP contribution in [0.15, 0.2) is 0 Å². The van der Waals surface area contributed by atoms with Gasteiger partial charge in [0.25, 0.3) is 0 Å². The van der Waals surface area contributed by atoms with E-state index in [4.69, 9.17) is 8.23 Å². The van der Waals surface area contributed by atoms with Crippen molar-refractivity contribution >= 4 is 25.2 Å². The molecule has 3 nitrogen and oxygen atoms in total. The third-order valence-electron chi connectivity index (χ3n) is 5.76. The van der Waals surface area contributed by atoms with Gasteiger partial charge >= 0.3 is 8.56 Å². The van der Waals surface area contributed by atoms with Crippen LogP contribution in [0.2, 0.25) is 51.4 Å². The van der Waals surface area contributed by atoms with Gasteiger partial charge < -0.3 is 12.7 Å². The summed E-state index contributed by atoms with van der Waals surface area (Å²) in [5.74, 6) is 0. The molecular formula is C22H54NO2Si3+. The van der Waals surface area contributed by atoms with E-state index in [1.165, 1.54) is 81.2 Å². The van der Waals surface area contributed by atoms with Crippen LogP contribution in [0.5, 0.6) is 0 Å². The zero-order valence-electron chi connectivity index (χ0n) is 21.2. The van der Waals surface area contributed by atoms with Crippen LogP contribution in [0, 0.1) is 0 Å². The minimum atomic E-state index is -2.04. The first-order chi connectivity index (χ1) is 12.8. The molecule has 6 heteroatoms. The summed E-state index contributed by atoms with van der Waals surface area (Å²) in [6, 6.07) is 2.52. The molecule has 0 unspecified atom stereocenters. The van der Waals surface area contributed by atoms with E-state index in [9.17, 15) is 0 Å². The monoisotopic (exact) mass is 448 g/mol. The topological polar surface area (TPSA) is 18.5 Å². The second kappa shape index (κ2) is 13.1. The van der Waals surface area contributed by atoms with Crippen molar-refractivity contribution in [1.82, 2.24) is 0 Å². The molecule has 0 aliphatic rings. The van der Waals surface area contributed by atoms with E-state index >= 15 is 0 Å². The van der Waals surface area contributed by atoms with E-state index in [1.807, 2.05) is 0 Å². The highest BCUT2D eigenvalue weighted by Crippen LogP contribution is 2.26. The second-order valence-electron chi connectivity index (χ2n) is 10.8. The maximum Gasteiger partial charge on any atom is 0.311 e. The SMILES string of the molecule is CCCC[N+](C)(CCCC)CCC[Si](C)(C)O[Si](C)(C)O[Si](C)(C)CCCC. The van der Waals surface area contributed by atoms with E-state index < -0.39 is 25.2 Å². The second-order valence-corrected chi connectivity index (χ2v) is 23.3. The molecule has 28 heavy (non-hydrogen) atoms. The number of rotatable bonds is 17. The molecule has 0 aromatic rings. The fourth-order valence-electron chi connectivity index (χ4n) is 4.36. The van der Waals surface area contributed by atoms with Gasteiger partial charge in [0.2, 0.25) is 0 Å². The predicted octanol–water partition coefficient (Wildman–Crippen LogP) is 7.37. The Labute approximate surface area is 181 Å². The van der Waals surface area contributed by atoms with Crippen LogP contribution in [0.1, 0.15) is 65.7 Å². The predicted molar refractivity (Wildman–Crippen MR) is 134 cm³/mol. The first-order valence-electron chi connectivity index (χ1n) is 12.0. The van der Waals surface area contributed by atoms with Crippen molar-refractivity contribution in [2.75, 3.05) is 26.7 Å². The van der Waals surface area contributed by atoms with E-state index in [1.54, 1.807) is 0 Å². The van der Waals surface area contributed by atoms with Crippen LogP contribution < -0.4 is 0 Å². The highest BCUT2D eigenvalue weighted by Gasteiger charge is 2.39. The van der Waals surface area contributed by atoms with Gasteiger partial charge in [-0.1, -0.05) is 46.5 Å².